The van der Waals surface area contributed by atoms with Crippen LogP contribution in [0.15, 0.2) is 43.0 Å². The molecule has 0 bridgehead atoms. The Hall–Kier alpha value is -2.43. The lowest BCUT2D eigenvalue weighted by atomic mass is 9.90. The highest BCUT2D eigenvalue weighted by molar-refractivity contribution is 5.71. The Balaban J connectivity index is 2.29. The van der Waals surface area contributed by atoms with E-state index < -0.39 is 0 Å². The number of aromatic hydroxyl groups is 1. The topological polar surface area (TPSA) is 72.3 Å². The Morgan fingerprint density at radius 3 is 2.45 bits per heavy atom. The predicted octanol–water partition coefficient (Wildman–Crippen LogP) is 2.27. The molecule has 0 aliphatic carbocycles. The average molecular weight is 272 g/mol. The van der Waals surface area contributed by atoms with Gasteiger partial charge >= 0.3 is 5.97 Å². The van der Waals surface area contributed by atoms with Gasteiger partial charge in [0.05, 0.1) is 13.0 Å². The maximum atomic E-state index is 11.8. The zero-order valence-corrected chi connectivity index (χ0v) is 11.2. The van der Waals surface area contributed by atoms with Crippen LogP contribution in [0.3, 0.4) is 0 Å². The van der Waals surface area contributed by atoms with Gasteiger partial charge in [-0.25, -0.2) is 9.97 Å². The van der Waals surface area contributed by atoms with Crippen molar-refractivity contribution in [1.29, 1.82) is 0 Å². The summed E-state index contributed by atoms with van der Waals surface area (Å²) in [6.07, 6.45) is 5.03. The van der Waals surface area contributed by atoms with E-state index in [-0.39, 0.29) is 24.1 Å². The fourth-order valence-electron chi connectivity index (χ4n) is 2.01. The molecule has 2 aromatic rings. The van der Waals surface area contributed by atoms with Gasteiger partial charge in [-0.2, -0.15) is 0 Å². The van der Waals surface area contributed by atoms with Crippen LogP contribution in [-0.2, 0) is 9.53 Å². The van der Waals surface area contributed by atoms with Crippen molar-refractivity contribution in [1.82, 2.24) is 9.97 Å². The number of carbonyl (C=O) groups excluding carboxylic acids is 1. The Kier molecular flexibility index (Phi) is 4.65. The summed E-state index contributed by atoms with van der Waals surface area (Å²) >= 11 is 0. The molecule has 5 heteroatoms. The molecule has 0 aliphatic rings. The number of ether oxygens (including phenoxy) is 1. The van der Waals surface area contributed by atoms with Crippen molar-refractivity contribution in [2.45, 2.75) is 19.3 Å². The fraction of sp³-hybridized carbons (Fsp3) is 0.267. The van der Waals surface area contributed by atoms with Crippen LogP contribution >= 0.6 is 0 Å². The van der Waals surface area contributed by atoms with Crippen LogP contribution in [0.25, 0.3) is 0 Å². The lowest BCUT2D eigenvalue weighted by Gasteiger charge is -2.16. The molecule has 1 aromatic carbocycles. The molecule has 20 heavy (non-hydrogen) atoms. The minimum absolute atomic E-state index is 0.184. The number of benzene rings is 1. The van der Waals surface area contributed by atoms with Crippen LogP contribution in [0.4, 0.5) is 0 Å². The Morgan fingerprint density at radius 2 is 1.85 bits per heavy atom. The zero-order chi connectivity index (χ0) is 14.4. The number of rotatable bonds is 5. The monoisotopic (exact) mass is 272 g/mol. The predicted molar refractivity (Wildman–Crippen MR) is 73.2 cm³/mol. The summed E-state index contributed by atoms with van der Waals surface area (Å²) < 4.78 is 5.01. The first-order valence-corrected chi connectivity index (χ1v) is 6.40. The molecule has 0 amide bonds. The van der Waals surface area contributed by atoms with E-state index in [0.29, 0.717) is 6.61 Å². The van der Waals surface area contributed by atoms with Crippen molar-refractivity contribution in [3.8, 4) is 5.75 Å². The van der Waals surface area contributed by atoms with Gasteiger partial charge in [0.15, 0.2) is 0 Å². The first-order valence-electron chi connectivity index (χ1n) is 6.40. The maximum absolute atomic E-state index is 11.8. The molecule has 0 radical (unpaired) electrons. The first kappa shape index (κ1) is 14.0. The number of nitrogens with zero attached hydrogens (tertiary/aromatic N) is 2. The van der Waals surface area contributed by atoms with Crippen molar-refractivity contribution in [3.05, 3.63) is 54.1 Å². The summed E-state index contributed by atoms with van der Waals surface area (Å²) in [5, 5.41) is 9.36. The molecule has 1 atom stereocenters. The molecule has 0 unspecified atom stereocenters. The normalized spacial score (nSPS) is 11.8. The second kappa shape index (κ2) is 6.65. The van der Waals surface area contributed by atoms with Gasteiger partial charge in [-0.1, -0.05) is 12.1 Å². The van der Waals surface area contributed by atoms with Crippen molar-refractivity contribution < 1.29 is 14.6 Å². The third kappa shape index (κ3) is 3.54. The van der Waals surface area contributed by atoms with Crippen LogP contribution < -0.4 is 0 Å². The van der Waals surface area contributed by atoms with E-state index in [2.05, 4.69) is 9.97 Å². The third-order valence-corrected chi connectivity index (χ3v) is 2.95. The molecule has 0 spiro atoms. The molecule has 1 heterocycles. The number of carbonyl (C=O) groups is 1. The highest BCUT2D eigenvalue weighted by Crippen LogP contribution is 2.28. The van der Waals surface area contributed by atoms with E-state index in [1.54, 1.807) is 43.6 Å². The van der Waals surface area contributed by atoms with Crippen LogP contribution in [-0.4, -0.2) is 27.7 Å². The summed E-state index contributed by atoms with van der Waals surface area (Å²) in [7, 11) is 0. The van der Waals surface area contributed by atoms with Crippen LogP contribution in [0.5, 0.6) is 5.75 Å². The lowest BCUT2D eigenvalue weighted by Crippen LogP contribution is -2.12. The van der Waals surface area contributed by atoms with Gasteiger partial charge in [0, 0.05) is 18.3 Å². The summed E-state index contributed by atoms with van der Waals surface area (Å²) in [4.78, 5) is 19.7. The number of hydrogen-bond donors (Lipinski definition) is 1. The number of phenolic OH excluding ortho intramolecular Hbond substituents is 1. The number of aromatic nitrogens is 2. The largest absolute Gasteiger partial charge is 0.508 e. The second-order valence-corrected chi connectivity index (χ2v) is 4.33. The standard InChI is InChI=1S/C15H16N2O3/c1-2-20-15(19)7-14(12-8-16-10-17-9-12)11-3-5-13(18)6-4-11/h3-6,8-10,14,18H,2,7H2,1H3/t14-/m1/s1. The van der Waals surface area contributed by atoms with E-state index in [1.807, 2.05) is 0 Å². The van der Waals surface area contributed by atoms with E-state index in [1.165, 1.54) is 6.33 Å². The van der Waals surface area contributed by atoms with E-state index in [4.69, 9.17) is 4.74 Å². The molecular formula is C15H16N2O3. The van der Waals surface area contributed by atoms with Crippen LogP contribution in [0.2, 0.25) is 0 Å². The average Bonchev–Trinajstić information content (AvgIpc) is 2.47. The summed E-state index contributed by atoms with van der Waals surface area (Å²) in [5.41, 5.74) is 1.75. The van der Waals surface area contributed by atoms with Gasteiger partial charge in [-0.15, -0.1) is 0 Å². The molecule has 104 valence electrons. The van der Waals surface area contributed by atoms with E-state index >= 15 is 0 Å². The summed E-state index contributed by atoms with van der Waals surface area (Å²) in [6, 6.07) is 6.76. The Morgan fingerprint density at radius 1 is 1.20 bits per heavy atom. The lowest BCUT2D eigenvalue weighted by molar-refractivity contribution is -0.143. The van der Waals surface area contributed by atoms with Crippen molar-refractivity contribution in [3.63, 3.8) is 0 Å². The van der Waals surface area contributed by atoms with Crippen molar-refractivity contribution in [2.24, 2.45) is 0 Å². The van der Waals surface area contributed by atoms with Gasteiger partial charge in [-0.3, -0.25) is 4.79 Å². The van der Waals surface area contributed by atoms with Gasteiger partial charge in [-0.05, 0) is 30.2 Å². The molecular weight excluding hydrogens is 256 g/mol. The first-order chi connectivity index (χ1) is 9.70. The second-order valence-electron chi connectivity index (χ2n) is 4.33. The molecule has 1 N–H and O–H groups in total. The third-order valence-electron chi connectivity index (χ3n) is 2.95. The van der Waals surface area contributed by atoms with E-state index in [0.717, 1.165) is 11.1 Å². The van der Waals surface area contributed by atoms with Crippen molar-refractivity contribution in [2.75, 3.05) is 6.61 Å². The quantitative estimate of drug-likeness (QED) is 0.845. The van der Waals surface area contributed by atoms with Crippen LogP contribution in [0.1, 0.15) is 30.4 Å². The van der Waals surface area contributed by atoms with Gasteiger partial charge < -0.3 is 9.84 Å². The highest BCUT2D eigenvalue weighted by Gasteiger charge is 2.19. The minimum Gasteiger partial charge on any atom is -0.508 e. The number of esters is 1. The molecule has 0 saturated carbocycles. The Bertz CT molecular complexity index is 555. The van der Waals surface area contributed by atoms with E-state index in [9.17, 15) is 9.90 Å². The maximum Gasteiger partial charge on any atom is 0.306 e. The smallest absolute Gasteiger partial charge is 0.306 e. The number of hydrogen-bond acceptors (Lipinski definition) is 5. The molecule has 5 nitrogen and oxygen atoms in total. The summed E-state index contributed by atoms with van der Waals surface area (Å²) in [5.74, 6) is -0.266. The highest BCUT2D eigenvalue weighted by atomic mass is 16.5. The minimum atomic E-state index is -0.269. The molecule has 0 fully saturated rings. The van der Waals surface area contributed by atoms with Gasteiger partial charge in [0.25, 0.3) is 0 Å². The van der Waals surface area contributed by atoms with Crippen molar-refractivity contribution >= 4 is 5.97 Å². The summed E-state index contributed by atoms with van der Waals surface area (Å²) in [6.45, 7) is 2.13. The molecule has 1 aromatic heterocycles. The molecule has 2 rings (SSSR count). The molecule has 0 aliphatic heterocycles. The van der Waals surface area contributed by atoms with Gasteiger partial charge in [0.1, 0.15) is 12.1 Å². The number of phenols is 1. The fourth-order valence-corrected chi connectivity index (χ4v) is 2.01. The van der Waals surface area contributed by atoms with Gasteiger partial charge in [0.2, 0.25) is 0 Å². The SMILES string of the molecule is CCOC(=O)C[C@H](c1ccc(O)cc1)c1cncnc1. The zero-order valence-electron chi connectivity index (χ0n) is 11.2. The molecule has 0 saturated heterocycles. The van der Waals surface area contributed by atoms with Crippen LogP contribution in [0, 0.1) is 0 Å². The Labute approximate surface area is 117 Å².